The van der Waals surface area contributed by atoms with Crippen LogP contribution in [-0.4, -0.2) is 20.2 Å². The highest BCUT2D eigenvalue weighted by Gasteiger charge is 2.51. The summed E-state index contributed by atoms with van der Waals surface area (Å²) in [6, 6.07) is 7.90. The number of carbonyl (C=O) groups excluding carboxylic acids is 1. The first-order valence-corrected chi connectivity index (χ1v) is 10.3. The lowest BCUT2D eigenvalue weighted by atomic mass is 10.1. The zero-order valence-electron chi connectivity index (χ0n) is 13.3. The zero-order chi connectivity index (χ0) is 15.0. The fraction of sp³-hybridized carbons (Fsp3) is 0.588. The molecule has 2 nitrogen and oxygen atoms in total. The van der Waals surface area contributed by atoms with E-state index in [0.717, 1.165) is 31.1 Å². The molecular weight excluding hydrogens is 264 g/mol. The Hall–Kier alpha value is -0.933. The molecule has 0 amide bonds. The van der Waals surface area contributed by atoms with Crippen LogP contribution in [-0.2, 0) is 10.8 Å². The minimum atomic E-state index is -1.71. The number of benzene rings is 1. The summed E-state index contributed by atoms with van der Waals surface area (Å²) in [5, 5.41) is 0.254. The number of carbonyl (C=O) groups is 1. The third kappa shape index (κ3) is 3.39. The van der Waals surface area contributed by atoms with E-state index >= 15 is 0 Å². The van der Waals surface area contributed by atoms with Crippen molar-refractivity contribution < 1.29 is 9.22 Å². The predicted octanol–water partition coefficient (Wildman–Crippen LogP) is 4.60. The standard InChI is InChI=1S/C17H26O2Si/c1-16(2,3)20(4,5)19-17(10-11-17)12-14-6-8-15(13-18)9-7-14/h6-9,13H,10-12H2,1-5H3. The molecule has 0 saturated heterocycles. The summed E-state index contributed by atoms with van der Waals surface area (Å²) >= 11 is 0. The van der Waals surface area contributed by atoms with Crippen molar-refractivity contribution in [1.29, 1.82) is 0 Å². The van der Waals surface area contributed by atoms with Gasteiger partial charge in [-0.2, -0.15) is 0 Å². The lowest BCUT2D eigenvalue weighted by molar-refractivity contribution is 0.112. The molecule has 0 bridgehead atoms. The van der Waals surface area contributed by atoms with Crippen molar-refractivity contribution in [2.24, 2.45) is 0 Å². The fourth-order valence-corrected chi connectivity index (χ4v) is 3.90. The molecule has 1 aromatic carbocycles. The average Bonchev–Trinajstić information content (AvgIpc) is 3.07. The van der Waals surface area contributed by atoms with Crippen molar-refractivity contribution in [3.63, 3.8) is 0 Å². The minimum absolute atomic E-state index is 0.0612. The van der Waals surface area contributed by atoms with Gasteiger partial charge in [0.1, 0.15) is 6.29 Å². The highest BCUT2D eigenvalue weighted by molar-refractivity contribution is 6.74. The molecular formula is C17H26O2Si. The fourth-order valence-electron chi connectivity index (χ4n) is 2.23. The maximum Gasteiger partial charge on any atom is 0.192 e. The SMILES string of the molecule is CC(C)(C)[Si](C)(C)OC1(Cc2ccc(C=O)cc2)CC1. The normalized spacial score (nSPS) is 17.9. The molecule has 1 aliphatic rings. The van der Waals surface area contributed by atoms with Crippen molar-refractivity contribution in [2.45, 2.75) is 63.8 Å². The molecule has 20 heavy (non-hydrogen) atoms. The summed E-state index contributed by atoms with van der Waals surface area (Å²) in [7, 11) is -1.71. The Labute approximate surface area is 123 Å². The van der Waals surface area contributed by atoms with Crippen molar-refractivity contribution in [3.05, 3.63) is 35.4 Å². The van der Waals surface area contributed by atoms with E-state index in [0.29, 0.717) is 0 Å². The van der Waals surface area contributed by atoms with E-state index in [2.05, 4.69) is 46.0 Å². The summed E-state index contributed by atoms with van der Waals surface area (Å²) in [4.78, 5) is 10.7. The first-order valence-electron chi connectivity index (χ1n) is 7.42. The van der Waals surface area contributed by atoms with Gasteiger partial charge in [-0.3, -0.25) is 4.79 Å². The molecule has 1 aromatic rings. The number of hydrogen-bond donors (Lipinski definition) is 0. The molecule has 0 radical (unpaired) electrons. The van der Waals surface area contributed by atoms with Crippen molar-refractivity contribution in [3.8, 4) is 0 Å². The van der Waals surface area contributed by atoms with Crippen LogP contribution in [0.15, 0.2) is 24.3 Å². The highest BCUT2D eigenvalue weighted by Crippen LogP contribution is 2.49. The van der Waals surface area contributed by atoms with Gasteiger partial charge in [-0.1, -0.05) is 45.0 Å². The Morgan fingerprint density at radius 2 is 1.75 bits per heavy atom. The molecule has 1 fully saturated rings. The van der Waals surface area contributed by atoms with Crippen molar-refractivity contribution in [1.82, 2.24) is 0 Å². The van der Waals surface area contributed by atoms with Gasteiger partial charge in [-0.05, 0) is 36.5 Å². The topological polar surface area (TPSA) is 26.3 Å². The highest BCUT2D eigenvalue weighted by atomic mass is 28.4. The molecule has 110 valence electrons. The van der Waals surface area contributed by atoms with Crippen LogP contribution in [0.4, 0.5) is 0 Å². The van der Waals surface area contributed by atoms with Gasteiger partial charge in [-0.15, -0.1) is 0 Å². The van der Waals surface area contributed by atoms with Crippen LogP contribution in [0.5, 0.6) is 0 Å². The number of hydrogen-bond acceptors (Lipinski definition) is 2. The number of aldehydes is 1. The van der Waals surface area contributed by atoms with E-state index in [1.165, 1.54) is 5.56 Å². The van der Waals surface area contributed by atoms with Gasteiger partial charge in [0.2, 0.25) is 0 Å². The van der Waals surface area contributed by atoms with Crippen LogP contribution in [0.1, 0.15) is 49.5 Å². The van der Waals surface area contributed by atoms with Crippen LogP contribution in [0.2, 0.25) is 18.1 Å². The van der Waals surface area contributed by atoms with Crippen LogP contribution < -0.4 is 0 Å². The van der Waals surface area contributed by atoms with E-state index in [-0.39, 0.29) is 10.6 Å². The minimum Gasteiger partial charge on any atom is -0.411 e. The molecule has 0 unspecified atom stereocenters. The van der Waals surface area contributed by atoms with Gasteiger partial charge in [0.05, 0.1) is 5.60 Å². The van der Waals surface area contributed by atoms with E-state index in [1.54, 1.807) is 0 Å². The summed E-state index contributed by atoms with van der Waals surface area (Å²) in [6.07, 6.45) is 4.19. The zero-order valence-corrected chi connectivity index (χ0v) is 14.3. The Morgan fingerprint density at radius 3 is 2.15 bits per heavy atom. The van der Waals surface area contributed by atoms with E-state index in [1.807, 2.05) is 12.1 Å². The lowest BCUT2D eigenvalue weighted by Gasteiger charge is -2.39. The monoisotopic (exact) mass is 290 g/mol. The second-order valence-corrected chi connectivity index (χ2v) is 12.3. The van der Waals surface area contributed by atoms with Crippen molar-refractivity contribution in [2.75, 3.05) is 0 Å². The maximum absolute atomic E-state index is 10.7. The third-order valence-corrected chi connectivity index (χ3v) is 9.28. The number of rotatable bonds is 5. The van der Waals surface area contributed by atoms with Gasteiger partial charge < -0.3 is 4.43 Å². The Balaban J connectivity index is 2.06. The molecule has 0 N–H and O–H groups in total. The average molecular weight is 290 g/mol. The summed E-state index contributed by atoms with van der Waals surface area (Å²) in [5.74, 6) is 0. The molecule has 3 heteroatoms. The molecule has 0 aromatic heterocycles. The van der Waals surface area contributed by atoms with Crippen LogP contribution in [0.3, 0.4) is 0 Å². The first kappa shape index (κ1) is 15.5. The maximum atomic E-state index is 10.7. The molecule has 0 aliphatic heterocycles. The van der Waals surface area contributed by atoms with E-state index in [4.69, 9.17) is 4.43 Å². The predicted molar refractivity (Wildman–Crippen MR) is 85.8 cm³/mol. The second kappa shape index (κ2) is 5.12. The molecule has 0 atom stereocenters. The quantitative estimate of drug-likeness (QED) is 0.585. The third-order valence-electron chi connectivity index (χ3n) is 4.73. The summed E-state index contributed by atoms with van der Waals surface area (Å²) in [6.45, 7) is 11.5. The molecule has 1 aliphatic carbocycles. The van der Waals surface area contributed by atoms with Crippen LogP contribution in [0.25, 0.3) is 0 Å². The smallest absolute Gasteiger partial charge is 0.192 e. The second-order valence-electron chi connectivity index (χ2n) is 7.58. The van der Waals surface area contributed by atoms with E-state index in [9.17, 15) is 4.79 Å². The van der Waals surface area contributed by atoms with Crippen LogP contribution in [0, 0.1) is 0 Å². The molecule has 2 rings (SSSR count). The lowest BCUT2D eigenvalue weighted by Crippen LogP contribution is -2.45. The Morgan fingerprint density at radius 1 is 1.20 bits per heavy atom. The Bertz CT molecular complexity index is 479. The van der Waals surface area contributed by atoms with Gasteiger partial charge >= 0.3 is 0 Å². The summed E-state index contributed by atoms with van der Waals surface area (Å²) < 4.78 is 6.63. The van der Waals surface area contributed by atoms with Gasteiger partial charge in [0.25, 0.3) is 0 Å². The first-order chi connectivity index (χ1) is 9.17. The van der Waals surface area contributed by atoms with Gasteiger partial charge in [-0.25, -0.2) is 0 Å². The largest absolute Gasteiger partial charge is 0.411 e. The molecule has 0 spiro atoms. The van der Waals surface area contributed by atoms with E-state index < -0.39 is 8.32 Å². The summed E-state index contributed by atoms with van der Waals surface area (Å²) in [5.41, 5.74) is 2.07. The van der Waals surface area contributed by atoms with Crippen molar-refractivity contribution >= 4 is 14.6 Å². The van der Waals surface area contributed by atoms with Gasteiger partial charge in [0.15, 0.2) is 8.32 Å². The Kier molecular flexibility index (Phi) is 3.95. The van der Waals surface area contributed by atoms with Gasteiger partial charge in [0, 0.05) is 12.0 Å². The molecule has 1 saturated carbocycles. The molecule has 0 heterocycles. The van der Waals surface area contributed by atoms with Crippen LogP contribution >= 0.6 is 0 Å².